The van der Waals surface area contributed by atoms with Crippen LogP contribution in [0.3, 0.4) is 0 Å². The van der Waals surface area contributed by atoms with E-state index in [2.05, 4.69) is 96.8 Å². The van der Waals surface area contributed by atoms with Crippen molar-refractivity contribution < 1.29 is 19.2 Å². The second-order valence-electron chi connectivity index (χ2n) is 13.4. The number of aromatic nitrogens is 2. The molecule has 10 nitrogen and oxygen atoms in total. The lowest BCUT2D eigenvalue weighted by atomic mass is 10.0. The maximum Gasteiger partial charge on any atom is 0.324 e. The van der Waals surface area contributed by atoms with Crippen LogP contribution in [0.25, 0.3) is 22.5 Å². The quantitative estimate of drug-likeness (QED) is 0.239. The molecule has 4 atom stereocenters. The Morgan fingerprint density at radius 3 is 1.22 bits per heavy atom. The number of amides is 6. The van der Waals surface area contributed by atoms with Crippen molar-refractivity contribution in [2.75, 3.05) is 13.1 Å². The van der Waals surface area contributed by atoms with Crippen molar-refractivity contribution in [2.24, 2.45) is 0 Å². The number of carbonyl (C=O) groups is 4. The minimum Gasteiger partial charge on any atom is -0.329 e. The molecule has 2 saturated carbocycles. The Morgan fingerprint density at radius 2 is 0.939 bits per heavy atom. The molecule has 0 radical (unpaired) electrons. The number of rotatable bonds is 6. The first-order valence-electron chi connectivity index (χ1n) is 16.3. The van der Waals surface area contributed by atoms with Crippen LogP contribution in [0.5, 0.6) is 0 Å². The van der Waals surface area contributed by atoms with E-state index in [0.29, 0.717) is 0 Å². The summed E-state index contributed by atoms with van der Waals surface area (Å²) < 4.78 is 0. The molecule has 49 heavy (non-hydrogen) atoms. The number of pyridine rings is 2. The number of hydrogen-bond acceptors (Lipinski definition) is 6. The molecule has 2 aromatic carbocycles. The molecule has 252 valence electrons. The average molecular weight is 659 g/mol. The molecule has 2 aliphatic heterocycles. The minimum atomic E-state index is -0.271. The topological polar surface area (TPSA) is 125 Å². The molecule has 6 amide bonds. The van der Waals surface area contributed by atoms with Gasteiger partial charge in [0.1, 0.15) is 0 Å². The summed E-state index contributed by atoms with van der Waals surface area (Å²) in [6, 6.07) is 20.4. The lowest BCUT2D eigenvalue weighted by Gasteiger charge is -2.12. The smallest absolute Gasteiger partial charge is 0.324 e. The van der Waals surface area contributed by atoms with E-state index in [0.717, 1.165) is 46.5 Å². The van der Waals surface area contributed by atoms with Gasteiger partial charge in [-0.25, -0.2) is 9.59 Å². The monoisotopic (exact) mass is 658 g/mol. The predicted octanol–water partition coefficient (Wildman–Crippen LogP) is 6.18. The van der Waals surface area contributed by atoms with E-state index in [4.69, 9.17) is 0 Å². The highest BCUT2D eigenvalue weighted by Crippen LogP contribution is 2.46. The van der Waals surface area contributed by atoms with Gasteiger partial charge in [0, 0.05) is 47.4 Å². The molecule has 8 rings (SSSR count). The maximum atomic E-state index is 11.8. The summed E-state index contributed by atoms with van der Waals surface area (Å²) in [5, 5.41) is 5.15. The van der Waals surface area contributed by atoms with Gasteiger partial charge in [-0.2, -0.15) is 0 Å². The van der Waals surface area contributed by atoms with Crippen molar-refractivity contribution >= 4 is 23.9 Å². The fraction of sp³-hybridized carbons (Fsp3) is 0.333. The van der Waals surface area contributed by atoms with Gasteiger partial charge in [0.25, 0.3) is 0 Å². The molecule has 2 saturated heterocycles. The summed E-state index contributed by atoms with van der Waals surface area (Å²) in [5.74, 6) is 0.150. The number of urea groups is 2. The number of carbonyl (C=O) groups excluding carboxylic acids is 4. The molecule has 2 N–H and O–H groups in total. The number of benzene rings is 2. The van der Waals surface area contributed by atoms with Crippen LogP contribution in [0.4, 0.5) is 9.59 Å². The Hall–Kier alpha value is -5.38. The van der Waals surface area contributed by atoms with Crippen molar-refractivity contribution in [2.45, 2.75) is 71.9 Å². The number of nitrogens with zero attached hydrogens (tertiary/aromatic N) is 4. The molecule has 0 bridgehead atoms. The Labute approximate surface area is 286 Å². The summed E-state index contributed by atoms with van der Waals surface area (Å²) in [7, 11) is 0. The fourth-order valence-corrected chi connectivity index (χ4v) is 7.03. The first-order valence-corrected chi connectivity index (χ1v) is 16.3. The first kappa shape index (κ1) is 33.5. The van der Waals surface area contributed by atoms with Gasteiger partial charge in [-0.05, 0) is 88.1 Å². The molecular formula is C39H42N6O4. The van der Waals surface area contributed by atoms with Crippen LogP contribution in [-0.2, 0) is 9.59 Å². The molecule has 4 aromatic rings. The van der Waals surface area contributed by atoms with E-state index in [1.165, 1.54) is 32.1 Å². The highest BCUT2D eigenvalue weighted by Gasteiger charge is 2.50. The zero-order valence-electron chi connectivity index (χ0n) is 27.5. The largest absolute Gasteiger partial charge is 0.329 e. The van der Waals surface area contributed by atoms with Crippen molar-refractivity contribution in [1.29, 1.82) is 0 Å². The average Bonchev–Trinajstić information content (AvgIpc) is 3.96. The zero-order valence-corrected chi connectivity index (χ0v) is 27.5. The van der Waals surface area contributed by atoms with Crippen LogP contribution in [0.15, 0.2) is 73.1 Å². The highest BCUT2D eigenvalue weighted by atomic mass is 16.2. The standard InChI is InChI=1S/2C19H19N3O2.CH4/c2*1-11-5-12(2)7-14(6-11)16-4-3-13(9-20-16)15-8-17(15)22-18(23)10-21-19(22)24;/h2*3-7,9,15,17H,8,10H2,1-2H3,(H,21,24);1H4/t2*15-,17+;/m10./s1. The molecule has 4 heterocycles. The van der Waals surface area contributed by atoms with Crippen LogP contribution < -0.4 is 10.6 Å². The Balaban J connectivity index is 0.000000167. The molecule has 10 heteroatoms. The third kappa shape index (κ3) is 6.95. The third-order valence-corrected chi connectivity index (χ3v) is 9.40. The molecule has 2 aromatic heterocycles. The number of nitrogens with one attached hydrogen (secondary N) is 2. The maximum absolute atomic E-state index is 11.8. The SMILES string of the molecule is C.Cc1cc(C)cc(-c2ccc([C@@H]3C[C@H]3N3C(=O)CNC3=O)cn2)c1.Cc1cc(C)cc(-c2ccc([C@H]3C[C@@H]3N3C(=O)CNC3=O)cn2)c1. The Morgan fingerprint density at radius 1 is 0.571 bits per heavy atom. The minimum absolute atomic E-state index is 0. The summed E-state index contributed by atoms with van der Waals surface area (Å²) in [4.78, 5) is 58.9. The van der Waals surface area contributed by atoms with E-state index >= 15 is 0 Å². The van der Waals surface area contributed by atoms with E-state index in [9.17, 15) is 19.2 Å². The van der Waals surface area contributed by atoms with Gasteiger partial charge in [0.15, 0.2) is 0 Å². The number of hydrogen-bond donors (Lipinski definition) is 2. The second-order valence-corrected chi connectivity index (χ2v) is 13.4. The van der Waals surface area contributed by atoms with Crippen LogP contribution in [0.1, 0.15) is 65.5 Å². The van der Waals surface area contributed by atoms with Crippen molar-refractivity contribution in [3.63, 3.8) is 0 Å². The molecule has 4 aliphatic rings. The van der Waals surface area contributed by atoms with Crippen LogP contribution in [0.2, 0.25) is 0 Å². The van der Waals surface area contributed by atoms with Gasteiger partial charge in [-0.3, -0.25) is 29.4 Å². The van der Waals surface area contributed by atoms with E-state index in [1.807, 2.05) is 24.5 Å². The molecular weight excluding hydrogens is 616 g/mol. The second kappa shape index (κ2) is 13.3. The van der Waals surface area contributed by atoms with Gasteiger partial charge in [0.2, 0.25) is 11.8 Å². The number of imide groups is 2. The van der Waals surface area contributed by atoms with Crippen molar-refractivity contribution in [3.05, 3.63) is 106 Å². The van der Waals surface area contributed by atoms with E-state index in [1.54, 1.807) is 0 Å². The molecule has 0 unspecified atom stereocenters. The summed E-state index contributed by atoms with van der Waals surface area (Å²) in [5.41, 5.74) is 11.2. The van der Waals surface area contributed by atoms with Crippen LogP contribution >= 0.6 is 0 Å². The third-order valence-electron chi connectivity index (χ3n) is 9.40. The lowest BCUT2D eigenvalue weighted by Crippen LogP contribution is -2.33. The first-order chi connectivity index (χ1) is 23.0. The molecule has 0 spiro atoms. The zero-order chi connectivity index (χ0) is 33.7. The number of aryl methyl sites for hydroxylation is 4. The van der Waals surface area contributed by atoms with Gasteiger partial charge in [0.05, 0.1) is 24.5 Å². The van der Waals surface area contributed by atoms with Gasteiger partial charge in [-0.1, -0.05) is 53.9 Å². The van der Waals surface area contributed by atoms with Crippen LogP contribution in [-0.4, -0.2) is 68.8 Å². The van der Waals surface area contributed by atoms with Crippen molar-refractivity contribution in [1.82, 2.24) is 30.4 Å². The molecule has 2 aliphatic carbocycles. The molecule has 4 fully saturated rings. The fourth-order valence-electron chi connectivity index (χ4n) is 7.03. The Bertz CT molecular complexity index is 1730. The highest BCUT2D eigenvalue weighted by molar-refractivity contribution is 6.03. The van der Waals surface area contributed by atoms with Crippen molar-refractivity contribution in [3.8, 4) is 22.5 Å². The van der Waals surface area contributed by atoms with Gasteiger partial charge >= 0.3 is 12.1 Å². The predicted molar refractivity (Wildman–Crippen MR) is 188 cm³/mol. The Kier molecular flexibility index (Phi) is 9.07. The van der Waals surface area contributed by atoms with Crippen LogP contribution in [0, 0.1) is 27.7 Å². The summed E-state index contributed by atoms with van der Waals surface area (Å²) in [6.45, 7) is 8.56. The summed E-state index contributed by atoms with van der Waals surface area (Å²) >= 11 is 0. The van der Waals surface area contributed by atoms with E-state index in [-0.39, 0.29) is 68.3 Å². The van der Waals surface area contributed by atoms with Gasteiger partial charge < -0.3 is 10.6 Å². The summed E-state index contributed by atoms with van der Waals surface area (Å²) in [6.07, 6.45) is 5.39. The normalized spacial score (nSPS) is 22.2. The van der Waals surface area contributed by atoms with E-state index < -0.39 is 0 Å². The lowest BCUT2D eigenvalue weighted by molar-refractivity contribution is -0.126. The van der Waals surface area contributed by atoms with Gasteiger partial charge in [-0.15, -0.1) is 0 Å².